The molecule has 132 valence electrons. The molecule has 1 aliphatic rings. The first kappa shape index (κ1) is 17.0. The van der Waals surface area contributed by atoms with E-state index in [1.54, 1.807) is 10.9 Å². The van der Waals surface area contributed by atoms with E-state index in [2.05, 4.69) is 5.10 Å². The van der Waals surface area contributed by atoms with Gasteiger partial charge in [0.2, 0.25) is 0 Å². The van der Waals surface area contributed by atoms with E-state index in [4.69, 9.17) is 9.47 Å². The third-order valence-electron chi connectivity index (χ3n) is 3.88. The van der Waals surface area contributed by atoms with Crippen molar-refractivity contribution < 1.29 is 24.2 Å². The maximum Gasteiger partial charge on any atom is 0.328 e. The molecular weight excluding hydrogens is 326 g/mol. The van der Waals surface area contributed by atoms with Crippen LogP contribution < -0.4 is 4.74 Å². The van der Waals surface area contributed by atoms with E-state index in [1.165, 1.54) is 4.90 Å². The SMILES string of the molecule is CCOc1cn(-c2ccccc2)nc1C(=O)N1CCOC[C@@H]1C(=O)O. The molecule has 1 amide bonds. The number of nitrogens with zero attached hydrogens (tertiary/aromatic N) is 3. The maximum absolute atomic E-state index is 12.9. The van der Waals surface area contributed by atoms with Gasteiger partial charge in [-0.3, -0.25) is 4.79 Å². The molecule has 1 aromatic carbocycles. The zero-order valence-electron chi connectivity index (χ0n) is 13.8. The number of benzene rings is 1. The number of amides is 1. The largest absolute Gasteiger partial charge is 0.490 e. The highest BCUT2D eigenvalue weighted by molar-refractivity contribution is 5.97. The lowest BCUT2D eigenvalue weighted by Crippen LogP contribution is -2.52. The summed E-state index contributed by atoms with van der Waals surface area (Å²) in [6.07, 6.45) is 1.63. The highest BCUT2D eigenvalue weighted by Crippen LogP contribution is 2.23. The Hall–Kier alpha value is -2.87. The highest BCUT2D eigenvalue weighted by atomic mass is 16.5. The lowest BCUT2D eigenvalue weighted by atomic mass is 10.2. The molecule has 0 radical (unpaired) electrons. The molecule has 0 saturated carbocycles. The summed E-state index contributed by atoms with van der Waals surface area (Å²) in [5.74, 6) is -1.26. The second-order valence-electron chi connectivity index (χ2n) is 5.48. The molecule has 1 N–H and O–H groups in total. The number of aliphatic carboxylic acids is 1. The van der Waals surface area contributed by atoms with Crippen LogP contribution in [0.25, 0.3) is 5.69 Å². The van der Waals surface area contributed by atoms with Crippen molar-refractivity contribution in [3.05, 3.63) is 42.2 Å². The summed E-state index contributed by atoms with van der Waals surface area (Å²) >= 11 is 0. The number of ether oxygens (including phenoxy) is 2. The number of morpholine rings is 1. The van der Waals surface area contributed by atoms with Crippen molar-refractivity contribution in [3.63, 3.8) is 0 Å². The Morgan fingerprint density at radius 2 is 2.12 bits per heavy atom. The summed E-state index contributed by atoms with van der Waals surface area (Å²) in [4.78, 5) is 25.6. The number of carboxylic acids is 1. The average Bonchev–Trinajstić information content (AvgIpc) is 3.06. The van der Waals surface area contributed by atoms with Crippen LogP contribution in [0.3, 0.4) is 0 Å². The van der Waals surface area contributed by atoms with Gasteiger partial charge in [-0.25, -0.2) is 9.48 Å². The summed E-state index contributed by atoms with van der Waals surface area (Å²) in [5, 5.41) is 13.7. The minimum atomic E-state index is -1.10. The summed E-state index contributed by atoms with van der Waals surface area (Å²) in [6.45, 7) is 2.62. The number of para-hydroxylation sites is 1. The molecule has 0 unspecified atom stereocenters. The number of carboxylic acid groups (broad SMARTS) is 1. The van der Waals surface area contributed by atoms with Crippen molar-refractivity contribution in [2.45, 2.75) is 13.0 Å². The number of carbonyl (C=O) groups is 2. The first-order chi connectivity index (χ1) is 12.1. The Kier molecular flexibility index (Phi) is 4.99. The van der Waals surface area contributed by atoms with Gasteiger partial charge in [-0.2, -0.15) is 5.10 Å². The van der Waals surface area contributed by atoms with Crippen LogP contribution in [0.1, 0.15) is 17.4 Å². The van der Waals surface area contributed by atoms with Gasteiger partial charge in [0.1, 0.15) is 0 Å². The maximum atomic E-state index is 12.9. The molecule has 25 heavy (non-hydrogen) atoms. The number of aromatic nitrogens is 2. The smallest absolute Gasteiger partial charge is 0.328 e. The van der Waals surface area contributed by atoms with Crippen molar-refractivity contribution in [3.8, 4) is 11.4 Å². The fourth-order valence-corrected chi connectivity index (χ4v) is 2.67. The van der Waals surface area contributed by atoms with E-state index in [-0.39, 0.29) is 18.8 Å². The van der Waals surface area contributed by atoms with Crippen molar-refractivity contribution in [1.82, 2.24) is 14.7 Å². The summed E-state index contributed by atoms with van der Waals surface area (Å²) in [6, 6.07) is 8.28. The van der Waals surface area contributed by atoms with Crippen LogP contribution >= 0.6 is 0 Å². The molecule has 8 nitrogen and oxygen atoms in total. The molecule has 0 spiro atoms. The van der Waals surface area contributed by atoms with Crippen LogP contribution in [-0.4, -0.2) is 64.1 Å². The summed E-state index contributed by atoms with van der Waals surface area (Å²) < 4.78 is 12.3. The van der Waals surface area contributed by atoms with E-state index in [0.717, 1.165) is 5.69 Å². The van der Waals surface area contributed by atoms with E-state index in [9.17, 15) is 14.7 Å². The van der Waals surface area contributed by atoms with E-state index < -0.39 is 17.9 Å². The second-order valence-corrected chi connectivity index (χ2v) is 5.48. The van der Waals surface area contributed by atoms with Crippen LogP contribution in [0.15, 0.2) is 36.5 Å². The average molecular weight is 345 g/mol. The molecule has 1 fully saturated rings. The van der Waals surface area contributed by atoms with Crippen LogP contribution in [0.5, 0.6) is 5.75 Å². The molecule has 1 atom stereocenters. The first-order valence-corrected chi connectivity index (χ1v) is 8.01. The fourth-order valence-electron chi connectivity index (χ4n) is 2.67. The van der Waals surface area contributed by atoms with Gasteiger partial charge in [-0.1, -0.05) is 18.2 Å². The normalized spacial score (nSPS) is 17.3. The van der Waals surface area contributed by atoms with Gasteiger partial charge in [-0.05, 0) is 19.1 Å². The molecule has 0 aliphatic carbocycles. The van der Waals surface area contributed by atoms with E-state index >= 15 is 0 Å². The number of rotatable bonds is 5. The van der Waals surface area contributed by atoms with Gasteiger partial charge in [0, 0.05) is 6.54 Å². The molecular formula is C17H19N3O5. The predicted octanol–water partition coefficient (Wildman–Crippen LogP) is 1.20. The van der Waals surface area contributed by atoms with Crippen molar-refractivity contribution in [2.75, 3.05) is 26.4 Å². The molecule has 2 heterocycles. The number of hydrogen-bond donors (Lipinski definition) is 1. The molecule has 3 rings (SSSR count). The lowest BCUT2D eigenvalue weighted by Gasteiger charge is -2.32. The minimum Gasteiger partial charge on any atom is -0.490 e. The monoisotopic (exact) mass is 345 g/mol. The molecule has 1 saturated heterocycles. The van der Waals surface area contributed by atoms with Gasteiger partial charge in [0.05, 0.1) is 31.7 Å². The lowest BCUT2D eigenvalue weighted by molar-refractivity contribution is -0.147. The summed E-state index contributed by atoms with van der Waals surface area (Å²) in [7, 11) is 0. The fraction of sp³-hybridized carbons (Fsp3) is 0.353. The van der Waals surface area contributed by atoms with Gasteiger partial charge in [0.25, 0.3) is 5.91 Å². The Bertz CT molecular complexity index is 759. The summed E-state index contributed by atoms with van der Waals surface area (Å²) in [5.41, 5.74) is 0.873. The van der Waals surface area contributed by atoms with Crippen LogP contribution in [-0.2, 0) is 9.53 Å². The topological polar surface area (TPSA) is 93.9 Å². The molecule has 2 aromatic rings. The van der Waals surface area contributed by atoms with Crippen molar-refractivity contribution in [2.24, 2.45) is 0 Å². The molecule has 8 heteroatoms. The minimum absolute atomic E-state index is 0.0373. The first-order valence-electron chi connectivity index (χ1n) is 8.01. The molecule has 1 aliphatic heterocycles. The predicted molar refractivity (Wildman–Crippen MR) is 88.0 cm³/mol. The standard InChI is InChI=1S/C17H19N3O5/c1-2-25-14-10-20(12-6-4-3-5-7-12)18-15(14)16(21)19-8-9-24-11-13(19)17(22)23/h3-7,10,13H,2,8-9,11H2,1H3,(H,22,23)/t13-/m1/s1. The van der Waals surface area contributed by atoms with E-state index in [1.807, 2.05) is 37.3 Å². The number of hydrogen-bond acceptors (Lipinski definition) is 5. The second kappa shape index (κ2) is 7.35. The van der Waals surface area contributed by atoms with Crippen LogP contribution in [0.2, 0.25) is 0 Å². The zero-order chi connectivity index (χ0) is 17.8. The van der Waals surface area contributed by atoms with Gasteiger partial charge < -0.3 is 19.5 Å². The Labute approximate surface area is 144 Å². The highest BCUT2D eigenvalue weighted by Gasteiger charge is 2.35. The van der Waals surface area contributed by atoms with Crippen molar-refractivity contribution in [1.29, 1.82) is 0 Å². The van der Waals surface area contributed by atoms with Gasteiger partial charge >= 0.3 is 5.97 Å². The molecule has 1 aromatic heterocycles. The molecule has 0 bridgehead atoms. The van der Waals surface area contributed by atoms with Crippen LogP contribution in [0.4, 0.5) is 0 Å². The Balaban J connectivity index is 1.95. The van der Waals surface area contributed by atoms with Crippen LogP contribution in [0, 0.1) is 0 Å². The van der Waals surface area contributed by atoms with Crippen molar-refractivity contribution >= 4 is 11.9 Å². The third-order valence-corrected chi connectivity index (χ3v) is 3.88. The third kappa shape index (κ3) is 3.48. The number of carbonyl (C=O) groups excluding carboxylic acids is 1. The van der Waals surface area contributed by atoms with E-state index in [0.29, 0.717) is 19.0 Å². The van der Waals surface area contributed by atoms with Gasteiger partial charge in [0.15, 0.2) is 17.5 Å². The zero-order valence-corrected chi connectivity index (χ0v) is 13.8. The Morgan fingerprint density at radius 3 is 2.80 bits per heavy atom. The Morgan fingerprint density at radius 1 is 1.36 bits per heavy atom. The van der Waals surface area contributed by atoms with Gasteiger partial charge in [-0.15, -0.1) is 0 Å². The quantitative estimate of drug-likeness (QED) is 0.875.